The number of carbonyl (C=O) groups is 1. The quantitative estimate of drug-likeness (QED) is 0.412. The van der Waals surface area contributed by atoms with E-state index in [9.17, 15) is 14.9 Å². The van der Waals surface area contributed by atoms with E-state index in [4.69, 9.17) is 9.47 Å². The van der Waals surface area contributed by atoms with Gasteiger partial charge in [0.15, 0.2) is 11.5 Å². The van der Waals surface area contributed by atoms with Crippen molar-refractivity contribution in [3.63, 3.8) is 0 Å². The highest BCUT2D eigenvalue weighted by Gasteiger charge is 2.20. The molecular weight excluding hydrogens is 308 g/mol. The highest BCUT2D eigenvalue weighted by molar-refractivity contribution is 7.80. The molecule has 1 rings (SSSR count). The Labute approximate surface area is 134 Å². The van der Waals surface area contributed by atoms with Crippen molar-refractivity contribution < 1.29 is 19.2 Å². The van der Waals surface area contributed by atoms with Crippen LogP contribution in [-0.4, -0.2) is 30.3 Å². The van der Waals surface area contributed by atoms with Gasteiger partial charge in [-0.15, -0.1) is 0 Å². The molecule has 7 nitrogen and oxygen atoms in total. The van der Waals surface area contributed by atoms with Crippen molar-refractivity contribution in [2.45, 2.75) is 26.3 Å². The molecule has 0 fully saturated rings. The number of nitrogens with one attached hydrogen (secondary N) is 1. The van der Waals surface area contributed by atoms with Gasteiger partial charge in [0.25, 0.3) is 5.69 Å². The lowest BCUT2D eigenvalue weighted by Gasteiger charge is -2.12. The first-order valence-corrected chi connectivity index (χ1v) is 7.52. The molecule has 1 amide bonds. The fourth-order valence-corrected chi connectivity index (χ4v) is 2.01. The van der Waals surface area contributed by atoms with Crippen LogP contribution in [0.2, 0.25) is 0 Å². The Morgan fingerprint density at radius 3 is 2.68 bits per heavy atom. The maximum atomic E-state index is 11.6. The Bertz CT molecular complexity index is 536. The zero-order chi connectivity index (χ0) is 16.5. The number of hydrogen-bond donors (Lipinski definition) is 2. The van der Waals surface area contributed by atoms with Crippen LogP contribution >= 0.6 is 12.6 Å². The van der Waals surface area contributed by atoms with Crippen LogP contribution in [0.1, 0.15) is 25.3 Å². The third-order valence-electron chi connectivity index (χ3n) is 2.90. The van der Waals surface area contributed by atoms with Crippen LogP contribution in [0.15, 0.2) is 12.1 Å². The summed E-state index contributed by atoms with van der Waals surface area (Å²) < 4.78 is 10.5. The molecule has 1 aromatic rings. The van der Waals surface area contributed by atoms with Crippen LogP contribution in [0.25, 0.3) is 0 Å². The van der Waals surface area contributed by atoms with E-state index in [-0.39, 0.29) is 18.1 Å². The van der Waals surface area contributed by atoms with Gasteiger partial charge in [-0.05, 0) is 25.2 Å². The average molecular weight is 328 g/mol. The van der Waals surface area contributed by atoms with Gasteiger partial charge in [0.2, 0.25) is 5.91 Å². The molecule has 0 atom stereocenters. The zero-order valence-electron chi connectivity index (χ0n) is 12.6. The van der Waals surface area contributed by atoms with E-state index in [1.165, 1.54) is 19.2 Å². The number of thiol groups is 1. The smallest absolute Gasteiger partial charge is 0.278 e. The van der Waals surface area contributed by atoms with Gasteiger partial charge in [0.05, 0.1) is 30.3 Å². The van der Waals surface area contributed by atoms with E-state index in [0.717, 1.165) is 0 Å². The molecule has 122 valence electrons. The van der Waals surface area contributed by atoms with Crippen molar-refractivity contribution in [2.75, 3.05) is 19.5 Å². The second kappa shape index (κ2) is 9.14. The molecular formula is C14H20N2O5S. The normalized spacial score (nSPS) is 10.1. The summed E-state index contributed by atoms with van der Waals surface area (Å²) in [5, 5.41) is 13.8. The van der Waals surface area contributed by atoms with Crippen LogP contribution < -0.4 is 14.8 Å². The number of hydrogen-bond acceptors (Lipinski definition) is 6. The minimum atomic E-state index is -0.503. The fraction of sp³-hybridized carbons (Fsp3) is 0.500. The Kier molecular flexibility index (Phi) is 7.51. The molecule has 0 spiro atoms. The highest BCUT2D eigenvalue weighted by atomic mass is 32.1. The Morgan fingerprint density at radius 1 is 1.41 bits per heavy atom. The average Bonchev–Trinajstić information content (AvgIpc) is 2.51. The number of rotatable bonds is 9. The van der Waals surface area contributed by atoms with Gasteiger partial charge in [-0.25, -0.2) is 0 Å². The second-order valence-electron chi connectivity index (χ2n) is 4.43. The summed E-state index contributed by atoms with van der Waals surface area (Å²) >= 11 is 4.03. The molecule has 0 saturated heterocycles. The first-order valence-electron chi connectivity index (χ1n) is 6.89. The lowest BCUT2D eigenvalue weighted by Crippen LogP contribution is -2.23. The Hall–Kier alpha value is -1.96. The van der Waals surface area contributed by atoms with Crippen LogP contribution in [-0.2, 0) is 11.3 Å². The van der Waals surface area contributed by atoms with Crippen molar-refractivity contribution in [2.24, 2.45) is 0 Å². The predicted molar refractivity (Wildman–Crippen MR) is 85.8 cm³/mol. The summed E-state index contributed by atoms with van der Waals surface area (Å²) in [4.78, 5) is 22.3. The molecule has 0 aliphatic heterocycles. The van der Waals surface area contributed by atoms with Gasteiger partial charge in [0.1, 0.15) is 0 Å². The Morgan fingerprint density at radius 2 is 2.14 bits per heavy atom. The molecule has 0 bridgehead atoms. The molecule has 22 heavy (non-hydrogen) atoms. The molecule has 8 heteroatoms. The Balaban J connectivity index is 2.96. The van der Waals surface area contributed by atoms with Gasteiger partial charge in [0, 0.05) is 13.0 Å². The number of amides is 1. The van der Waals surface area contributed by atoms with Gasteiger partial charge < -0.3 is 14.8 Å². The lowest BCUT2D eigenvalue weighted by atomic mass is 10.1. The molecule has 1 aromatic carbocycles. The number of methoxy groups -OCH3 is 1. The second-order valence-corrected chi connectivity index (χ2v) is 4.87. The molecule has 0 radical (unpaired) electrons. The number of ether oxygens (including phenoxy) is 2. The first-order chi connectivity index (χ1) is 10.5. The largest absolute Gasteiger partial charge is 0.493 e. The van der Waals surface area contributed by atoms with Crippen molar-refractivity contribution in [1.29, 1.82) is 0 Å². The summed E-state index contributed by atoms with van der Waals surface area (Å²) in [5.41, 5.74) is 0.253. The number of carbonyl (C=O) groups excluding carboxylic acids is 1. The number of nitro benzene ring substituents is 1. The molecule has 0 saturated carbocycles. The maximum absolute atomic E-state index is 11.6. The summed E-state index contributed by atoms with van der Waals surface area (Å²) in [5.74, 6) is 1.15. The number of benzene rings is 1. The van der Waals surface area contributed by atoms with Gasteiger partial charge in [-0.1, -0.05) is 0 Å². The number of nitro groups is 1. The van der Waals surface area contributed by atoms with Gasteiger partial charge >= 0.3 is 0 Å². The zero-order valence-corrected chi connectivity index (χ0v) is 13.5. The van der Waals surface area contributed by atoms with Crippen molar-refractivity contribution in [3.8, 4) is 11.5 Å². The van der Waals surface area contributed by atoms with Crippen LogP contribution in [0.5, 0.6) is 11.5 Å². The van der Waals surface area contributed by atoms with Crippen LogP contribution in [0.3, 0.4) is 0 Å². The van der Waals surface area contributed by atoms with Crippen molar-refractivity contribution in [3.05, 3.63) is 27.8 Å². The molecule has 0 unspecified atom stereocenters. The molecule has 1 N–H and O–H groups in total. The SMILES string of the molecule is CCOc1cc([N+](=O)[O-])c(CNC(=O)CCCS)cc1OC. The fourth-order valence-electron chi connectivity index (χ4n) is 1.85. The van der Waals surface area contributed by atoms with Gasteiger partial charge in [-0.3, -0.25) is 14.9 Å². The van der Waals surface area contributed by atoms with E-state index in [1.54, 1.807) is 6.92 Å². The molecule has 0 aliphatic rings. The maximum Gasteiger partial charge on any atom is 0.278 e. The van der Waals surface area contributed by atoms with Crippen molar-refractivity contribution >= 4 is 24.2 Å². The predicted octanol–water partition coefficient (Wildman–Crippen LogP) is 2.33. The minimum Gasteiger partial charge on any atom is -0.493 e. The topological polar surface area (TPSA) is 90.7 Å². The van der Waals surface area contributed by atoms with E-state index >= 15 is 0 Å². The monoisotopic (exact) mass is 328 g/mol. The summed E-state index contributed by atoms with van der Waals surface area (Å²) in [6.07, 6.45) is 0.995. The van der Waals surface area contributed by atoms with Gasteiger partial charge in [-0.2, -0.15) is 12.6 Å². The summed E-state index contributed by atoms with van der Waals surface area (Å²) in [6.45, 7) is 2.21. The highest BCUT2D eigenvalue weighted by Crippen LogP contribution is 2.34. The molecule has 0 aliphatic carbocycles. The molecule has 0 heterocycles. The minimum absolute atomic E-state index is 0.0600. The first kappa shape index (κ1) is 18.1. The number of nitrogens with zero attached hydrogens (tertiary/aromatic N) is 1. The lowest BCUT2D eigenvalue weighted by molar-refractivity contribution is -0.385. The molecule has 0 aromatic heterocycles. The third kappa shape index (κ3) is 5.10. The van der Waals surface area contributed by atoms with E-state index in [2.05, 4.69) is 17.9 Å². The van der Waals surface area contributed by atoms with Crippen LogP contribution in [0.4, 0.5) is 5.69 Å². The van der Waals surface area contributed by atoms with E-state index in [1.807, 2.05) is 0 Å². The van der Waals surface area contributed by atoms with E-state index < -0.39 is 4.92 Å². The van der Waals surface area contributed by atoms with Crippen LogP contribution in [0, 0.1) is 10.1 Å². The summed E-state index contributed by atoms with van der Waals surface area (Å²) in [7, 11) is 1.46. The third-order valence-corrected chi connectivity index (χ3v) is 3.22. The summed E-state index contributed by atoms with van der Waals surface area (Å²) in [6, 6.07) is 2.83. The van der Waals surface area contributed by atoms with Crippen molar-refractivity contribution in [1.82, 2.24) is 5.32 Å². The van der Waals surface area contributed by atoms with E-state index in [0.29, 0.717) is 42.3 Å². The standard InChI is InChI=1S/C14H20N2O5S/c1-3-21-13-8-11(16(18)19)10(7-12(13)20-2)9-15-14(17)5-4-6-22/h7-8,22H,3-6,9H2,1-2H3,(H,15,17).